The van der Waals surface area contributed by atoms with Crippen LogP contribution in [0.3, 0.4) is 0 Å². The van der Waals surface area contributed by atoms with Crippen LogP contribution in [0.1, 0.15) is 18.4 Å². The van der Waals surface area contributed by atoms with Crippen LogP contribution in [-0.2, 0) is 4.79 Å². The fourth-order valence-corrected chi connectivity index (χ4v) is 3.26. The first-order valence-corrected chi connectivity index (χ1v) is 7.29. The molecule has 0 radical (unpaired) electrons. The third-order valence-electron chi connectivity index (χ3n) is 3.75. The van der Waals surface area contributed by atoms with Crippen LogP contribution in [0.5, 0.6) is 0 Å². The molecule has 4 rings (SSSR count). The zero-order chi connectivity index (χ0) is 13.7. The standard InChI is InChI=1S/C16H11BrN2O/c17-9-5-6-14-11(7-9)12-8-15(20)18-13-4-2-1-3-10(13)16(12)19-14/h1-6H,7-8H2,(H,18,20). The van der Waals surface area contributed by atoms with E-state index < -0.39 is 0 Å². The van der Waals surface area contributed by atoms with Crippen LogP contribution in [0.2, 0.25) is 0 Å². The summed E-state index contributed by atoms with van der Waals surface area (Å²) in [6.07, 6.45) is 5.24. The Hall–Kier alpha value is -1.94. The topological polar surface area (TPSA) is 41.5 Å². The Morgan fingerprint density at radius 1 is 1.10 bits per heavy atom. The molecule has 1 amide bonds. The molecule has 0 aromatic heterocycles. The first kappa shape index (κ1) is 11.9. The van der Waals surface area contributed by atoms with Crippen molar-refractivity contribution in [1.29, 1.82) is 0 Å². The number of fused-ring (bicyclic) bond motifs is 4. The van der Waals surface area contributed by atoms with Crippen LogP contribution < -0.4 is 5.32 Å². The van der Waals surface area contributed by atoms with Crippen molar-refractivity contribution < 1.29 is 4.79 Å². The average Bonchev–Trinajstić information content (AvgIpc) is 2.70. The minimum atomic E-state index is 0.0251. The largest absolute Gasteiger partial charge is 0.325 e. The molecule has 3 aliphatic rings. The van der Waals surface area contributed by atoms with Crippen molar-refractivity contribution in [1.82, 2.24) is 0 Å². The molecule has 0 saturated carbocycles. The fourth-order valence-electron chi connectivity index (χ4n) is 2.85. The molecule has 1 aliphatic carbocycles. The van der Waals surface area contributed by atoms with E-state index >= 15 is 0 Å². The van der Waals surface area contributed by atoms with Gasteiger partial charge in [-0.2, -0.15) is 0 Å². The molecule has 2 aliphatic heterocycles. The van der Waals surface area contributed by atoms with E-state index in [0.717, 1.165) is 39.1 Å². The summed E-state index contributed by atoms with van der Waals surface area (Å²) >= 11 is 3.54. The molecular weight excluding hydrogens is 316 g/mol. The van der Waals surface area contributed by atoms with Crippen LogP contribution in [-0.4, -0.2) is 11.6 Å². The molecule has 0 spiro atoms. The van der Waals surface area contributed by atoms with Crippen LogP contribution >= 0.6 is 15.9 Å². The van der Waals surface area contributed by atoms with Gasteiger partial charge in [-0.15, -0.1) is 0 Å². The van der Waals surface area contributed by atoms with Gasteiger partial charge in [0.2, 0.25) is 5.91 Å². The molecule has 4 heteroatoms. The van der Waals surface area contributed by atoms with Gasteiger partial charge in [0.05, 0.1) is 23.5 Å². The fraction of sp³-hybridized carbons (Fsp3) is 0.125. The van der Waals surface area contributed by atoms with E-state index in [1.54, 1.807) is 0 Å². The Morgan fingerprint density at radius 3 is 2.85 bits per heavy atom. The smallest absolute Gasteiger partial charge is 0.228 e. The van der Waals surface area contributed by atoms with Crippen molar-refractivity contribution in [2.75, 3.05) is 5.32 Å². The SMILES string of the molecule is O=C1CC2=C3CC(Br)=CC=C3N=C2c2ccccc2N1. The maximum absolute atomic E-state index is 12.1. The van der Waals surface area contributed by atoms with E-state index in [1.165, 1.54) is 5.57 Å². The first-order valence-electron chi connectivity index (χ1n) is 6.49. The van der Waals surface area contributed by atoms with E-state index in [0.29, 0.717) is 6.42 Å². The number of carbonyl (C=O) groups excluding carboxylic acids is 1. The molecule has 1 aromatic carbocycles. The number of hydrogen-bond acceptors (Lipinski definition) is 2. The summed E-state index contributed by atoms with van der Waals surface area (Å²) in [5, 5.41) is 2.96. The van der Waals surface area contributed by atoms with Crippen molar-refractivity contribution in [3.8, 4) is 0 Å². The highest BCUT2D eigenvalue weighted by Gasteiger charge is 2.31. The molecule has 20 heavy (non-hydrogen) atoms. The van der Waals surface area contributed by atoms with Crippen molar-refractivity contribution in [3.63, 3.8) is 0 Å². The number of anilines is 1. The van der Waals surface area contributed by atoms with Crippen LogP contribution in [0.15, 0.2) is 62.7 Å². The maximum atomic E-state index is 12.1. The van der Waals surface area contributed by atoms with Crippen LogP contribution in [0.25, 0.3) is 0 Å². The number of nitrogens with zero attached hydrogens (tertiary/aromatic N) is 1. The number of amides is 1. The number of allylic oxidation sites excluding steroid dienone is 4. The normalized spacial score (nSPS) is 20.1. The molecule has 1 aromatic rings. The molecular formula is C16H11BrN2O. The number of benzene rings is 1. The van der Waals surface area contributed by atoms with E-state index in [2.05, 4.69) is 21.2 Å². The first-order chi connectivity index (χ1) is 9.72. The van der Waals surface area contributed by atoms with E-state index in [9.17, 15) is 4.79 Å². The highest BCUT2D eigenvalue weighted by Crippen LogP contribution is 2.40. The minimum absolute atomic E-state index is 0.0251. The lowest BCUT2D eigenvalue weighted by Gasteiger charge is -2.10. The summed E-state index contributed by atoms with van der Waals surface area (Å²) in [5.74, 6) is 0.0251. The maximum Gasteiger partial charge on any atom is 0.228 e. The van der Waals surface area contributed by atoms with Crippen molar-refractivity contribution in [3.05, 3.63) is 63.3 Å². The van der Waals surface area contributed by atoms with Gasteiger partial charge < -0.3 is 5.32 Å². The van der Waals surface area contributed by atoms with Gasteiger partial charge in [-0.1, -0.05) is 34.1 Å². The Morgan fingerprint density at radius 2 is 1.95 bits per heavy atom. The third-order valence-corrected chi connectivity index (χ3v) is 4.30. The molecule has 3 nitrogen and oxygen atoms in total. The second-order valence-electron chi connectivity index (χ2n) is 5.03. The van der Waals surface area contributed by atoms with Gasteiger partial charge in [-0.25, -0.2) is 4.99 Å². The van der Waals surface area contributed by atoms with Gasteiger partial charge in [0.25, 0.3) is 0 Å². The molecule has 0 fully saturated rings. The Bertz CT molecular complexity index is 768. The summed E-state index contributed by atoms with van der Waals surface area (Å²) in [5.41, 5.74) is 6.01. The number of rotatable bonds is 0. The second kappa shape index (κ2) is 4.28. The Kier molecular flexibility index (Phi) is 2.54. The molecule has 0 unspecified atom stereocenters. The highest BCUT2D eigenvalue weighted by atomic mass is 79.9. The zero-order valence-corrected chi connectivity index (χ0v) is 12.2. The number of carbonyl (C=O) groups is 1. The molecule has 0 bridgehead atoms. The Balaban J connectivity index is 1.95. The van der Waals surface area contributed by atoms with Crippen LogP contribution in [0, 0.1) is 0 Å². The molecule has 0 saturated heterocycles. The summed E-state index contributed by atoms with van der Waals surface area (Å²) in [6, 6.07) is 7.84. The van der Waals surface area contributed by atoms with Gasteiger partial charge >= 0.3 is 0 Å². The summed E-state index contributed by atoms with van der Waals surface area (Å²) in [6.45, 7) is 0. The summed E-state index contributed by atoms with van der Waals surface area (Å²) < 4.78 is 1.12. The number of nitrogens with one attached hydrogen (secondary N) is 1. The average molecular weight is 327 g/mol. The van der Waals surface area contributed by atoms with Crippen molar-refractivity contribution in [2.24, 2.45) is 4.99 Å². The van der Waals surface area contributed by atoms with E-state index in [1.807, 2.05) is 36.4 Å². The second-order valence-corrected chi connectivity index (χ2v) is 6.05. The monoisotopic (exact) mass is 326 g/mol. The van der Waals surface area contributed by atoms with Crippen LogP contribution in [0.4, 0.5) is 5.69 Å². The lowest BCUT2D eigenvalue weighted by atomic mass is 9.94. The van der Waals surface area contributed by atoms with E-state index in [4.69, 9.17) is 4.99 Å². The molecule has 1 N–H and O–H groups in total. The predicted octanol–water partition coefficient (Wildman–Crippen LogP) is 3.69. The number of para-hydroxylation sites is 1. The summed E-state index contributed by atoms with van der Waals surface area (Å²) in [4.78, 5) is 16.8. The molecule has 98 valence electrons. The number of hydrogen-bond donors (Lipinski definition) is 1. The number of aliphatic imine (C=N–C) groups is 1. The zero-order valence-electron chi connectivity index (χ0n) is 10.6. The van der Waals surface area contributed by atoms with Gasteiger partial charge in [0, 0.05) is 12.0 Å². The molecule has 0 atom stereocenters. The lowest BCUT2D eigenvalue weighted by Crippen LogP contribution is -2.10. The predicted molar refractivity (Wildman–Crippen MR) is 83.0 cm³/mol. The van der Waals surface area contributed by atoms with E-state index in [-0.39, 0.29) is 5.91 Å². The number of halogens is 1. The van der Waals surface area contributed by atoms with Crippen molar-refractivity contribution >= 4 is 33.2 Å². The minimum Gasteiger partial charge on any atom is -0.325 e. The molecule has 2 heterocycles. The van der Waals surface area contributed by atoms with Gasteiger partial charge in [0.1, 0.15) is 0 Å². The lowest BCUT2D eigenvalue weighted by molar-refractivity contribution is -0.115. The highest BCUT2D eigenvalue weighted by molar-refractivity contribution is 9.11. The van der Waals surface area contributed by atoms with Gasteiger partial charge in [-0.3, -0.25) is 4.79 Å². The van der Waals surface area contributed by atoms with Crippen molar-refractivity contribution in [2.45, 2.75) is 12.8 Å². The Labute approximate surface area is 124 Å². The van der Waals surface area contributed by atoms with Gasteiger partial charge in [0.15, 0.2) is 0 Å². The summed E-state index contributed by atoms with van der Waals surface area (Å²) in [7, 11) is 0. The third kappa shape index (κ3) is 1.72. The quantitative estimate of drug-likeness (QED) is 0.776. The van der Waals surface area contributed by atoms with Gasteiger partial charge in [-0.05, 0) is 33.8 Å².